The molecule has 0 aliphatic heterocycles. The van der Waals surface area contributed by atoms with Crippen LogP contribution in [0.25, 0.3) is 0 Å². The zero-order valence-corrected chi connectivity index (χ0v) is 12.1. The van der Waals surface area contributed by atoms with Gasteiger partial charge in [0.15, 0.2) is 0 Å². The molecule has 0 nitrogen and oxygen atoms in total. The van der Waals surface area contributed by atoms with Gasteiger partial charge in [-0.1, -0.05) is 0 Å². The first kappa shape index (κ1) is 13.7. The molecule has 0 rings (SSSR count). The van der Waals surface area contributed by atoms with Crippen molar-refractivity contribution in [1.29, 1.82) is 0 Å². The molecule has 4 heteroatoms. The second-order valence-electron chi connectivity index (χ2n) is 4.31. The van der Waals surface area contributed by atoms with Crippen LogP contribution in [0, 0.1) is 0 Å². The Bertz CT molecular complexity index is 132. The monoisotopic (exact) mass is 298 g/mol. The van der Waals surface area contributed by atoms with Gasteiger partial charge in [0.2, 0.25) is 0 Å². The Morgan fingerprint density at radius 2 is 1.38 bits per heavy atom. The molecule has 0 fully saturated rings. The first-order valence-electron chi connectivity index (χ1n) is 4.80. The number of halogens is 3. The molecule has 0 spiro atoms. The molecule has 0 atom stereocenters. The summed E-state index contributed by atoms with van der Waals surface area (Å²) in [5.74, 6) is 0. The van der Waals surface area contributed by atoms with Gasteiger partial charge in [0.1, 0.15) is 0 Å². The van der Waals surface area contributed by atoms with E-state index in [-0.39, 0.29) is 0 Å². The fourth-order valence-electron chi connectivity index (χ4n) is 1.77. The second-order valence-corrected chi connectivity index (χ2v) is 17.4. The Kier molecular flexibility index (Phi) is 5.80. The molecule has 0 saturated carbocycles. The molecule has 78 valence electrons. The average Bonchev–Trinajstić information content (AvgIpc) is 1.82. The molecular weight excluding hydrogens is 280 g/mol. The summed E-state index contributed by atoms with van der Waals surface area (Å²) in [6, 6.07) is 0. The van der Waals surface area contributed by atoms with E-state index in [2.05, 4.69) is 27.7 Å². The normalized spacial score (nSPS) is 12.7. The van der Waals surface area contributed by atoms with Crippen molar-refractivity contribution < 1.29 is 13.2 Å². The summed E-state index contributed by atoms with van der Waals surface area (Å²) in [5, 5.41) is 0. The SMILES string of the molecule is C[CH](C)[In]([CH2]CC(F)(F)F)[CH](C)C. The number of hydrogen-bond donors (Lipinski definition) is 0. The van der Waals surface area contributed by atoms with Crippen LogP contribution in [0.2, 0.25) is 11.5 Å². The maximum absolute atomic E-state index is 12.0. The van der Waals surface area contributed by atoms with E-state index in [9.17, 15) is 13.2 Å². The summed E-state index contributed by atoms with van der Waals surface area (Å²) in [6.45, 7) is 8.32. The van der Waals surface area contributed by atoms with Gasteiger partial charge in [-0.2, -0.15) is 0 Å². The van der Waals surface area contributed by atoms with Crippen molar-refractivity contribution >= 4 is 21.4 Å². The molecule has 0 unspecified atom stereocenters. The van der Waals surface area contributed by atoms with Gasteiger partial charge in [0, 0.05) is 0 Å². The molecule has 0 saturated heterocycles. The van der Waals surface area contributed by atoms with Crippen molar-refractivity contribution in [3.05, 3.63) is 0 Å². The van der Waals surface area contributed by atoms with Gasteiger partial charge in [-0.15, -0.1) is 0 Å². The van der Waals surface area contributed by atoms with E-state index in [1.807, 2.05) is 0 Å². The number of hydrogen-bond acceptors (Lipinski definition) is 0. The Hall–Kier alpha value is 0.660. The van der Waals surface area contributed by atoms with Crippen molar-refractivity contribution in [2.75, 3.05) is 0 Å². The molecule has 0 radical (unpaired) electrons. The second kappa shape index (κ2) is 5.52. The minimum atomic E-state index is -3.95. The van der Waals surface area contributed by atoms with Gasteiger partial charge >= 0.3 is 86.4 Å². The molecule has 0 amide bonds. The third kappa shape index (κ3) is 6.69. The van der Waals surface area contributed by atoms with Crippen LogP contribution in [-0.4, -0.2) is 27.6 Å². The zero-order chi connectivity index (χ0) is 10.6. The third-order valence-electron chi connectivity index (χ3n) is 2.47. The first-order valence-corrected chi connectivity index (χ1v) is 10.9. The van der Waals surface area contributed by atoms with E-state index >= 15 is 0 Å². The number of rotatable bonds is 4. The Morgan fingerprint density at radius 3 is 1.62 bits per heavy atom. The topological polar surface area (TPSA) is 0 Å². The van der Waals surface area contributed by atoms with Crippen LogP contribution in [0.3, 0.4) is 0 Å². The van der Waals surface area contributed by atoms with Crippen molar-refractivity contribution in [3.8, 4) is 0 Å². The van der Waals surface area contributed by atoms with Crippen LogP contribution in [-0.2, 0) is 0 Å². The summed E-state index contributed by atoms with van der Waals surface area (Å²) in [6.07, 6.45) is -4.50. The van der Waals surface area contributed by atoms with Crippen molar-refractivity contribution in [3.63, 3.8) is 0 Å². The Morgan fingerprint density at radius 1 is 1.00 bits per heavy atom. The molecule has 0 bridgehead atoms. The predicted octanol–water partition coefficient (Wildman–Crippen LogP) is 4.25. The zero-order valence-electron chi connectivity index (χ0n) is 8.78. The molecule has 0 aromatic carbocycles. The van der Waals surface area contributed by atoms with Gasteiger partial charge in [-0.05, 0) is 0 Å². The molecule has 0 heterocycles. The average molecular weight is 298 g/mol. The van der Waals surface area contributed by atoms with Crippen molar-refractivity contribution in [1.82, 2.24) is 0 Å². The molecule has 0 aromatic rings. The van der Waals surface area contributed by atoms with E-state index in [0.717, 1.165) is 0 Å². The summed E-state index contributed by atoms with van der Waals surface area (Å²) in [5.41, 5.74) is 0. The van der Waals surface area contributed by atoms with Gasteiger partial charge in [-0.25, -0.2) is 0 Å². The predicted molar refractivity (Wildman–Crippen MR) is 51.4 cm³/mol. The van der Waals surface area contributed by atoms with E-state index < -0.39 is 34.0 Å². The minimum absolute atomic E-state index is 0.473. The van der Waals surface area contributed by atoms with Crippen LogP contribution in [0.1, 0.15) is 34.1 Å². The van der Waals surface area contributed by atoms with Gasteiger partial charge in [0.25, 0.3) is 0 Å². The molecule has 0 N–H and O–H groups in total. The quantitative estimate of drug-likeness (QED) is 0.727. The molecule has 0 aliphatic rings. The summed E-state index contributed by atoms with van der Waals surface area (Å²) >= 11 is -1.91. The van der Waals surface area contributed by atoms with Crippen molar-refractivity contribution in [2.45, 2.75) is 51.8 Å². The van der Waals surface area contributed by atoms with Crippen LogP contribution in [0.4, 0.5) is 13.2 Å². The van der Waals surface area contributed by atoms with Gasteiger partial charge in [0.05, 0.1) is 0 Å². The molecule has 13 heavy (non-hydrogen) atoms. The first-order chi connectivity index (χ1) is 5.74. The van der Waals surface area contributed by atoms with Crippen LogP contribution in [0.5, 0.6) is 0 Å². The van der Waals surface area contributed by atoms with E-state index in [1.54, 1.807) is 0 Å². The summed E-state index contributed by atoms with van der Waals surface area (Å²) in [4.78, 5) is 0. The van der Waals surface area contributed by atoms with E-state index in [0.29, 0.717) is 11.5 Å². The van der Waals surface area contributed by atoms with Crippen LogP contribution in [0.15, 0.2) is 0 Å². The summed E-state index contributed by atoms with van der Waals surface area (Å²) < 4.78 is 37.5. The Labute approximate surface area is 86.4 Å². The molecule has 0 aromatic heterocycles. The van der Waals surface area contributed by atoms with Crippen molar-refractivity contribution in [2.24, 2.45) is 0 Å². The third-order valence-corrected chi connectivity index (χ3v) is 15.0. The van der Waals surface area contributed by atoms with Crippen LogP contribution < -0.4 is 0 Å². The molecule has 0 aliphatic carbocycles. The standard InChI is InChI=1S/C3H4F3.2C3H7.In/c1-2-3(4,5)6;2*1-3-2;/h1-2H2;2*3H,1-2H3;. The van der Waals surface area contributed by atoms with E-state index in [1.165, 1.54) is 0 Å². The van der Waals surface area contributed by atoms with E-state index in [4.69, 9.17) is 0 Å². The maximum atomic E-state index is 12.0. The van der Waals surface area contributed by atoms with Gasteiger partial charge in [-0.3, -0.25) is 0 Å². The van der Waals surface area contributed by atoms with Gasteiger partial charge < -0.3 is 0 Å². The number of alkyl halides is 3. The fourth-order valence-corrected chi connectivity index (χ4v) is 11.9. The summed E-state index contributed by atoms with van der Waals surface area (Å²) in [7, 11) is 0. The molecular formula is C9H18F3In. The fraction of sp³-hybridized carbons (Fsp3) is 1.00. The Balaban J connectivity index is 3.98. The van der Waals surface area contributed by atoms with Crippen LogP contribution >= 0.6 is 0 Å².